The Morgan fingerprint density at radius 2 is 1.67 bits per heavy atom. The first-order valence-electron chi connectivity index (χ1n) is 4.98. The lowest BCUT2D eigenvalue weighted by Crippen LogP contribution is -2.58. The van der Waals surface area contributed by atoms with E-state index in [0.717, 1.165) is 0 Å². The quantitative estimate of drug-likeness (QED) is 0.288. The fraction of sp³-hybridized carbons (Fsp3) is 1.00. The minimum absolute atomic E-state index is 0.0610. The summed E-state index contributed by atoms with van der Waals surface area (Å²) in [7, 11) is 0. The Balaban J connectivity index is 2.83. The number of aliphatic hydroxyl groups is 6. The summed E-state index contributed by atoms with van der Waals surface area (Å²) in [5, 5.41) is 56.5. The molecule has 1 rings (SSSR count). The molecule has 15 heavy (non-hydrogen) atoms. The number of hydrogen-bond donors (Lipinski definition) is 6. The van der Waals surface area contributed by atoms with E-state index < -0.39 is 36.6 Å². The summed E-state index contributed by atoms with van der Waals surface area (Å²) in [6.45, 7) is -0.700. The average Bonchev–Trinajstić information content (AvgIpc) is 2.24. The second-order valence-corrected chi connectivity index (χ2v) is 4.15. The van der Waals surface area contributed by atoms with E-state index in [1.165, 1.54) is 0 Å². The molecule has 0 aliphatic heterocycles. The lowest BCUT2D eigenvalue weighted by atomic mass is 9.81. The van der Waals surface area contributed by atoms with Crippen LogP contribution in [0, 0.1) is 0 Å². The van der Waals surface area contributed by atoms with Gasteiger partial charge in [-0.1, -0.05) is 0 Å². The molecule has 0 bridgehead atoms. The maximum atomic E-state index is 9.78. The van der Waals surface area contributed by atoms with Crippen molar-refractivity contribution in [2.24, 2.45) is 0 Å². The lowest BCUT2D eigenvalue weighted by molar-refractivity contribution is -0.193. The highest BCUT2D eigenvalue weighted by Gasteiger charge is 2.45. The molecule has 6 heteroatoms. The Kier molecular flexibility index (Phi) is 4.05. The van der Waals surface area contributed by atoms with Gasteiger partial charge in [-0.05, 0) is 19.3 Å². The van der Waals surface area contributed by atoms with Crippen molar-refractivity contribution in [3.63, 3.8) is 0 Å². The first-order chi connectivity index (χ1) is 6.92. The van der Waals surface area contributed by atoms with Gasteiger partial charge in [0.15, 0.2) is 0 Å². The first-order valence-corrected chi connectivity index (χ1v) is 4.98. The van der Waals surface area contributed by atoms with Crippen molar-refractivity contribution in [2.75, 3.05) is 6.61 Å². The average molecular weight is 222 g/mol. The summed E-state index contributed by atoms with van der Waals surface area (Å²) >= 11 is 0. The van der Waals surface area contributed by atoms with Crippen LogP contribution >= 0.6 is 0 Å². The van der Waals surface area contributed by atoms with Gasteiger partial charge in [-0.15, -0.1) is 0 Å². The zero-order valence-corrected chi connectivity index (χ0v) is 8.32. The molecule has 0 amide bonds. The molecule has 90 valence electrons. The van der Waals surface area contributed by atoms with Crippen molar-refractivity contribution in [1.29, 1.82) is 0 Å². The van der Waals surface area contributed by atoms with E-state index in [4.69, 9.17) is 5.11 Å². The van der Waals surface area contributed by atoms with E-state index >= 15 is 0 Å². The van der Waals surface area contributed by atoms with E-state index in [2.05, 4.69) is 0 Å². The molecule has 0 saturated heterocycles. The Bertz CT molecular complexity index is 211. The van der Waals surface area contributed by atoms with Gasteiger partial charge in [0.1, 0.15) is 23.9 Å². The Labute approximate surface area is 87.4 Å². The monoisotopic (exact) mass is 222 g/mol. The molecule has 0 radical (unpaired) electrons. The Hall–Kier alpha value is -0.240. The fourth-order valence-corrected chi connectivity index (χ4v) is 1.84. The highest BCUT2D eigenvalue weighted by Crippen LogP contribution is 2.27. The van der Waals surface area contributed by atoms with Crippen LogP contribution in [-0.2, 0) is 0 Å². The van der Waals surface area contributed by atoms with E-state index in [-0.39, 0.29) is 12.8 Å². The minimum Gasteiger partial charge on any atom is -0.393 e. The molecule has 1 fully saturated rings. The molecule has 0 unspecified atom stereocenters. The highest BCUT2D eigenvalue weighted by molar-refractivity contribution is 4.96. The summed E-state index contributed by atoms with van der Waals surface area (Å²) in [6.07, 6.45) is -5.38. The van der Waals surface area contributed by atoms with Gasteiger partial charge < -0.3 is 30.6 Å². The summed E-state index contributed by atoms with van der Waals surface area (Å²) in [5.41, 5.74) is -1.82. The zero-order chi connectivity index (χ0) is 11.6. The normalized spacial score (nSPS) is 48.4. The highest BCUT2D eigenvalue weighted by atomic mass is 16.4. The predicted molar refractivity (Wildman–Crippen MR) is 49.9 cm³/mol. The third-order valence-electron chi connectivity index (χ3n) is 3.00. The van der Waals surface area contributed by atoms with Crippen LogP contribution in [0.25, 0.3) is 0 Å². The molecule has 1 aliphatic rings. The van der Waals surface area contributed by atoms with Crippen LogP contribution < -0.4 is 0 Å². The number of aliphatic hydroxyl groups excluding tert-OH is 5. The molecular formula is C9H18O6. The van der Waals surface area contributed by atoms with Crippen LogP contribution in [0.4, 0.5) is 0 Å². The van der Waals surface area contributed by atoms with Crippen LogP contribution in [0.2, 0.25) is 0 Å². The zero-order valence-electron chi connectivity index (χ0n) is 8.32. The van der Waals surface area contributed by atoms with Crippen molar-refractivity contribution in [2.45, 2.75) is 49.3 Å². The van der Waals surface area contributed by atoms with Gasteiger partial charge in [0.25, 0.3) is 0 Å². The first kappa shape index (κ1) is 12.8. The summed E-state index contributed by atoms with van der Waals surface area (Å²) in [5.74, 6) is 0. The molecule has 0 aromatic rings. The van der Waals surface area contributed by atoms with Crippen molar-refractivity contribution in [1.82, 2.24) is 0 Å². The third kappa shape index (κ3) is 2.47. The third-order valence-corrected chi connectivity index (χ3v) is 3.00. The molecule has 1 saturated carbocycles. The smallest absolute Gasteiger partial charge is 0.116 e. The molecule has 6 nitrogen and oxygen atoms in total. The topological polar surface area (TPSA) is 121 Å². The van der Waals surface area contributed by atoms with Crippen LogP contribution in [-0.4, -0.2) is 67.3 Å². The Morgan fingerprint density at radius 1 is 1.07 bits per heavy atom. The van der Waals surface area contributed by atoms with Gasteiger partial charge in [0.2, 0.25) is 0 Å². The molecular weight excluding hydrogens is 204 g/mol. The van der Waals surface area contributed by atoms with Crippen molar-refractivity contribution in [3.05, 3.63) is 0 Å². The van der Waals surface area contributed by atoms with Gasteiger partial charge in [-0.2, -0.15) is 0 Å². The maximum absolute atomic E-state index is 9.78. The lowest BCUT2D eigenvalue weighted by Gasteiger charge is -2.39. The van der Waals surface area contributed by atoms with Crippen molar-refractivity contribution < 1.29 is 30.6 Å². The second kappa shape index (κ2) is 4.73. The van der Waals surface area contributed by atoms with Crippen LogP contribution in [0.3, 0.4) is 0 Å². The number of rotatable bonds is 1. The molecule has 0 heterocycles. The van der Waals surface area contributed by atoms with Crippen molar-refractivity contribution >= 4 is 0 Å². The van der Waals surface area contributed by atoms with Gasteiger partial charge in [-0.3, -0.25) is 0 Å². The minimum atomic E-state index is -1.82. The molecule has 0 aromatic carbocycles. The van der Waals surface area contributed by atoms with Crippen LogP contribution in [0.1, 0.15) is 19.3 Å². The van der Waals surface area contributed by atoms with E-state index in [1.807, 2.05) is 0 Å². The second-order valence-electron chi connectivity index (χ2n) is 4.15. The molecule has 0 aromatic heterocycles. The van der Waals surface area contributed by atoms with E-state index in [1.54, 1.807) is 0 Å². The Morgan fingerprint density at radius 3 is 2.20 bits per heavy atom. The van der Waals surface area contributed by atoms with Crippen molar-refractivity contribution in [3.8, 4) is 0 Å². The standard InChI is InChI=1S/C9H18O6/c10-4-9(15)3-1-2-5(11)6(12)7(13)8(9)14/h5-8,10-15H,1-4H2/t5-,6-,7+,8-,9-/m0/s1. The van der Waals surface area contributed by atoms with Gasteiger partial charge in [0.05, 0.1) is 12.7 Å². The van der Waals surface area contributed by atoms with E-state index in [9.17, 15) is 25.5 Å². The summed E-state index contributed by atoms with van der Waals surface area (Å²) in [4.78, 5) is 0. The largest absolute Gasteiger partial charge is 0.393 e. The number of hydrogen-bond acceptors (Lipinski definition) is 6. The molecule has 1 aliphatic carbocycles. The van der Waals surface area contributed by atoms with Gasteiger partial charge >= 0.3 is 0 Å². The maximum Gasteiger partial charge on any atom is 0.116 e. The van der Waals surface area contributed by atoms with Gasteiger partial charge in [-0.25, -0.2) is 0 Å². The predicted octanol–water partition coefficient (Wildman–Crippen LogP) is -2.66. The molecule has 0 spiro atoms. The summed E-state index contributed by atoms with van der Waals surface area (Å²) in [6, 6.07) is 0. The fourth-order valence-electron chi connectivity index (χ4n) is 1.84. The molecule has 6 N–H and O–H groups in total. The summed E-state index contributed by atoms with van der Waals surface area (Å²) < 4.78 is 0. The van der Waals surface area contributed by atoms with Gasteiger partial charge in [0, 0.05) is 0 Å². The van der Waals surface area contributed by atoms with E-state index in [0.29, 0.717) is 6.42 Å². The molecule has 5 atom stereocenters. The SMILES string of the molecule is OC[C@@]1(O)CCC[C@H](O)[C@H](O)[C@@H](O)[C@@H]1O. The van der Waals surface area contributed by atoms with Crippen LogP contribution in [0.5, 0.6) is 0 Å². The van der Waals surface area contributed by atoms with Crippen LogP contribution in [0.15, 0.2) is 0 Å².